The fraction of sp³-hybridized carbons (Fsp3) is 0.684. The molecule has 24 heavy (non-hydrogen) atoms. The molecule has 0 aromatic carbocycles. The second-order valence-electron chi connectivity index (χ2n) is 6.44. The number of hydrogen-bond acceptors (Lipinski definition) is 4. The molecule has 1 N–H and O–H groups in total. The smallest absolute Gasteiger partial charge is 0.274 e. The highest BCUT2D eigenvalue weighted by Crippen LogP contribution is 2.19. The van der Waals surface area contributed by atoms with Crippen molar-refractivity contribution in [1.29, 1.82) is 0 Å². The Morgan fingerprint density at radius 1 is 1.12 bits per heavy atom. The monoisotopic (exact) mass is 334 g/mol. The Morgan fingerprint density at radius 3 is 2.50 bits per heavy atom. The minimum atomic E-state index is -0.435. The van der Waals surface area contributed by atoms with E-state index in [9.17, 15) is 4.79 Å². The number of nitrogens with zero attached hydrogens (tertiary/aromatic N) is 2. The van der Waals surface area contributed by atoms with E-state index in [0.29, 0.717) is 12.1 Å². The van der Waals surface area contributed by atoms with Gasteiger partial charge in [0.1, 0.15) is 11.8 Å². The summed E-state index contributed by atoms with van der Waals surface area (Å²) < 4.78 is 7.15. The number of aromatic nitrogens is 2. The highest BCUT2D eigenvalue weighted by atomic mass is 16.5. The van der Waals surface area contributed by atoms with Gasteiger partial charge in [-0.3, -0.25) is 14.3 Å². The van der Waals surface area contributed by atoms with Gasteiger partial charge in [-0.1, -0.05) is 57.9 Å². The first-order chi connectivity index (χ1) is 11.8. The second-order valence-corrected chi connectivity index (χ2v) is 6.44. The Labute approximate surface area is 144 Å². The number of aliphatic hydroxyl groups excluding tert-OH is 1. The van der Waals surface area contributed by atoms with Crippen LogP contribution in [0.2, 0.25) is 0 Å². The third kappa shape index (κ3) is 5.56. The van der Waals surface area contributed by atoms with Gasteiger partial charge in [0.2, 0.25) is 0 Å². The van der Waals surface area contributed by atoms with Gasteiger partial charge in [0.05, 0.1) is 6.61 Å². The van der Waals surface area contributed by atoms with Crippen molar-refractivity contribution in [2.24, 2.45) is 0 Å². The van der Waals surface area contributed by atoms with E-state index in [2.05, 4.69) is 11.9 Å². The number of aryl methyl sites for hydroxylation is 1. The van der Waals surface area contributed by atoms with Gasteiger partial charge in [-0.25, -0.2) is 0 Å². The molecule has 0 saturated carbocycles. The Kier molecular flexibility index (Phi) is 8.19. The van der Waals surface area contributed by atoms with Crippen LogP contribution >= 0.6 is 0 Å². The van der Waals surface area contributed by atoms with Gasteiger partial charge in [-0.2, -0.15) is 0 Å². The molecule has 0 unspecified atom stereocenters. The molecule has 5 nitrogen and oxygen atoms in total. The summed E-state index contributed by atoms with van der Waals surface area (Å²) in [6, 6.07) is 0. The third-order valence-electron chi connectivity index (χ3n) is 4.46. The number of aliphatic hydroxyl groups is 1. The van der Waals surface area contributed by atoms with Crippen LogP contribution in [0, 0.1) is 0 Å². The second kappa shape index (κ2) is 10.4. The van der Waals surface area contributed by atoms with Gasteiger partial charge >= 0.3 is 0 Å². The summed E-state index contributed by atoms with van der Waals surface area (Å²) in [6.07, 6.45) is 16.8. The molecule has 0 spiro atoms. The van der Waals surface area contributed by atoms with Crippen LogP contribution in [0.5, 0.6) is 0 Å². The molecule has 2 atom stereocenters. The predicted octanol–water partition coefficient (Wildman–Crippen LogP) is 3.37. The first-order valence-electron chi connectivity index (χ1n) is 9.27. The van der Waals surface area contributed by atoms with Crippen molar-refractivity contribution in [1.82, 2.24) is 9.55 Å². The van der Waals surface area contributed by atoms with Gasteiger partial charge in [0.25, 0.3) is 5.56 Å². The molecular formula is C19H30N2O3. The minimum absolute atomic E-state index is 0.0715. The molecule has 0 radical (unpaired) electrons. The van der Waals surface area contributed by atoms with Gasteiger partial charge in [0.15, 0.2) is 6.23 Å². The Morgan fingerprint density at radius 2 is 1.83 bits per heavy atom. The van der Waals surface area contributed by atoms with Crippen LogP contribution in [0.25, 0.3) is 0 Å². The zero-order valence-corrected chi connectivity index (χ0v) is 14.7. The van der Waals surface area contributed by atoms with Crippen molar-refractivity contribution in [2.45, 2.75) is 77.0 Å². The van der Waals surface area contributed by atoms with E-state index >= 15 is 0 Å². The van der Waals surface area contributed by atoms with Crippen molar-refractivity contribution in [3.8, 4) is 0 Å². The molecule has 0 aliphatic carbocycles. The molecule has 2 heterocycles. The topological polar surface area (TPSA) is 64.3 Å². The summed E-state index contributed by atoms with van der Waals surface area (Å²) in [7, 11) is 0. The van der Waals surface area contributed by atoms with Crippen LogP contribution in [-0.4, -0.2) is 27.4 Å². The van der Waals surface area contributed by atoms with Crippen molar-refractivity contribution in [3.63, 3.8) is 0 Å². The molecule has 0 bridgehead atoms. The zero-order chi connectivity index (χ0) is 17.2. The Hall–Kier alpha value is -1.46. The van der Waals surface area contributed by atoms with E-state index in [1.165, 1.54) is 38.5 Å². The van der Waals surface area contributed by atoms with Crippen LogP contribution < -0.4 is 5.56 Å². The molecule has 1 aliphatic rings. The maximum absolute atomic E-state index is 12.5. The van der Waals surface area contributed by atoms with Crippen LogP contribution in [0.1, 0.15) is 70.2 Å². The third-order valence-corrected chi connectivity index (χ3v) is 4.46. The number of rotatable bonds is 11. The first kappa shape index (κ1) is 18.9. The van der Waals surface area contributed by atoms with Gasteiger partial charge in [0, 0.05) is 12.4 Å². The minimum Gasteiger partial charge on any atom is -0.393 e. The lowest BCUT2D eigenvalue weighted by atomic mass is 10.1. The van der Waals surface area contributed by atoms with Crippen LogP contribution in [0.3, 0.4) is 0 Å². The fourth-order valence-corrected chi connectivity index (χ4v) is 3.02. The van der Waals surface area contributed by atoms with Crippen molar-refractivity contribution >= 4 is 0 Å². The summed E-state index contributed by atoms with van der Waals surface area (Å²) in [5, 5.41) is 9.11. The SMILES string of the molecule is CCCCCCCCCCc1nccn([C@H]2C=C[C@@H](CO)O2)c1=O. The average molecular weight is 334 g/mol. The molecule has 5 heteroatoms. The highest BCUT2D eigenvalue weighted by molar-refractivity contribution is 5.05. The maximum Gasteiger partial charge on any atom is 0.274 e. The standard InChI is InChI=1S/C19H30N2O3/c1-2-3-4-5-6-7-8-9-10-17-19(23)21(14-13-20-17)18-12-11-16(15-22)24-18/h11-14,16,18,22H,2-10,15H2,1H3/t16-,18+/m0/s1. The molecule has 1 aromatic heterocycles. The average Bonchev–Trinajstić information content (AvgIpc) is 3.07. The molecular weight excluding hydrogens is 304 g/mol. The van der Waals surface area contributed by atoms with Crippen molar-refractivity contribution < 1.29 is 9.84 Å². The lowest BCUT2D eigenvalue weighted by molar-refractivity contribution is -0.00992. The van der Waals surface area contributed by atoms with E-state index in [1.54, 1.807) is 23.0 Å². The summed E-state index contributed by atoms with van der Waals surface area (Å²) >= 11 is 0. The van der Waals surface area contributed by atoms with Crippen molar-refractivity contribution in [2.75, 3.05) is 6.61 Å². The molecule has 0 saturated heterocycles. The lowest BCUT2D eigenvalue weighted by Gasteiger charge is -2.15. The normalized spacial score (nSPS) is 19.9. The largest absolute Gasteiger partial charge is 0.393 e. The maximum atomic E-state index is 12.5. The van der Waals surface area contributed by atoms with Crippen LogP contribution in [0.4, 0.5) is 0 Å². The van der Waals surface area contributed by atoms with E-state index in [0.717, 1.165) is 12.8 Å². The molecule has 134 valence electrons. The lowest BCUT2D eigenvalue weighted by Crippen LogP contribution is -2.29. The van der Waals surface area contributed by atoms with Crippen LogP contribution in [-0.2, 0) is 11.2 Å². The Balaban J connectivity index is 1.77. The quantitative estimate of drug-likeness (QED) is 0.498. The molecule has 1 aromatic rings. The van der Waals surface area contributed by atoms with Gasteiger partial charge in [-0.15, -0.1) is 0 Å². The molecule has 0 fully saturated rings. The van der Waals surface area contributed by atoms with Gasteiger partial charge in [-0.05, 0) is 18.9 Å². The summed E-state index contributed by atoms with van der Waals surface area (Å²) in [4.78, 5) is 16.8. The molecule has 2 rings (SSSR count). The summed E-state index contributed by atoms with van der Waals surface area (Å²) in [6.45, 7) is 2.16. The van der Waals surface area contributed by atoms with E-state index in [1.807, 2.05) is 6.08 Å². The summed E-state index contributed by atoms with van der Waals surface area (Å²) in [5.74, 6) is 0. The van der Waals surface area contributed by atoms with E-state index < -0.39 is 6.23 Å². The summed E-state index contributed by atoms with van der Waals surface area (Å²) in [5.41, 5.74) is 0.515. The first-order valence-corrected chi connectivity index (χ1v) is 9.27. The van der Waals surface area contributed by atoms with E-state index in [-0.39, 0.29) is 18.3 Å². The number of hydrogen-bond donors (Lipinski definition) is 1. The van der Waals surface area contributed by atoms with Crippen molar-refractivity contribution in [3.05, 3.63) is 40.6 Å². The van der Waals surface area contributed by atoms with E-state index in [4.69, 9.17) is 9.84 Å². The zero-order valence-electron chi connectivity index (χ0n) is 14.7. The van der Waals surface area contributed by atoms with Gasteiger partial charge < -0.3 is 9.84 Å². The number of ether oxygens (including phenoxy) is 1. The number of unbranched alkanes of at least 4 members (excludes halogenated alkanes) is 7. The van der Waals surface area contributed by atoms with Crippen LogP contribution in [0.15, 0.2) is 29.3 Å². The molecule has 0 amide bonds. The highest BCUT2D eigenvalue weighted by Gasteiger charge is 2.21. The molecule has 1 aliphatic heterocycles. The Bertz CT molecular complexity index is 568. The predicted molar refractivity (Wildman–Crippen MR) is 94.9 cm³/mol. The fourth-order valence-electron chi connectivity index (χ4n) is 3.02.